The summed E-state index contributed by atoms with van der Waals surface area (Å²) in [6.07, 6.45) is 8.17. The van der Waals surface area contributed by atoms with Crippen LogP contribution in [-0.2, 0) is 20.6 Å². The first kappa shape index (κ1) is 28.2. The van der Waals surface area contributed by atoms with Crippen LogP contribution in [0, 0.1) is 28.5 Å². The molecule has 0 spiro atoms. The molecule has 1 aliphatic carbocycles. The van der Waals surface area contributed by atoms with Crippen LogP contribution >= 0.6 is 11.6 Å². The van der Waals surface area contributed by atoms with Gasteiger partial charge in [-0.1, -0.05) is 11.6 Å². The Morgan fingerprint density at radius 3 is 2.56 bits per heavy atom. The van der Waals surface area contributed by atoms with Gasteiger partial charge >= 0.3 is 0 Å². The predicted octanol–water partition coefficient (Wildman–Crippen LogP) is 5.12. The van der Waals surface area contributed by atoms with E-state index >= 15 is 0 Å². The van der Waals surface area contributed by atoms with E-state index in [0.717, 1.165) is 43.4 Å². The molecule has 2 aromatic rings. The van der Waals surface area contributed by atoms with Crippen LogP contribution < -0.4 is 10.6 Å². The van der Waals surface area contributed by atoms with Crippen molar-refractivity contribution < 1.29 is 18.6 Å². The van der Waals surface area contributed by atoms with Crippen molar-refractivity contribution in [2.45, 2.75) is 63.7 Å². The quantitative estimate of drug-likeness (QED) is 0.438. The van der Waals surface area contributed by atoms with Crippen LogP contribution in [0.1, 0.15) is 51.1 Å². The normalized spacial score (nSPS) is 24.3. The summed E-state index contributed by atoms with van der Waals surface area (Å²) in [6.45, 7) is 5.38. The van der Waals surface area contributed by atoms with Crippen LogP contribution in [0.5, 0.6) is 0 Å². The number of rotatable bonds is 9. The van der Waals surface area contributed by atoms with E-state index in [2.05, 4.69) is 26.7 Å². The highest BCUT2D eigenvalue weighted by molar-refractivity contribution is 6.33. The second-order valence-corrected chi connectivity index (χ2v) is 11.6. The third-order valence-electron chi connectivity index (χ3n) is 8.27. The Labute approximate surface area is 234 Å². The van der Waals surface area contributed by atoms with Crippen LogP contribution in [0.15, 0.2) is 24.4 Å². The average molecular weight is 558 g/mol. The Balaban J connectivity index is 1.20. The number of aromatic nitrogens is 2. The van der Waals surface area contributed by atoms with Gasteiger partial charge in [0.1, 0.15) is 0 Å². The van der Waals surface area contributed by atoms with Gasteiger partial charge in [0, 0.05) is 49.8 Å². The zero-order chi connectivity index (χ0) is 27.3. The van der Waals surface area contributed by atoms with Crippen molar-refractivity contribution >= 4 is 17.4 Å². The minimum absolute atomic E-state index is 0.121. The summed E-state index contributed by atoms with van der Waals surface area (Å²) in [5, 5.41) is 16.9. The zero-order valence-corrected chi connectivity index (χ0v) is 23.2. The summed E-state index contributed by atoms with van der Waals surface area (Å²) in [4.78, 5) is 9.13. The molecule has 1 saturated carbocycles. The van der Waals surface area contributed by atoms with E-state index in [0.29, 0.717) is 75.0 Å². The molecule has 3 aliphatic rings. The molecule has 0 aromatic carbocycles. The molecule has 210 valence electrons. The molecule has 2 aliphatic heterocycles. The molecule has 8 nitrogen and oxygen atoms in total. The third-order valence-corrected chi connectivity index (χ3v) is 8.57. The van der Waals surface area contributed by atoms with Crippen LogP contribution in [0.3, 0.4) is 0 Å². The number of nitriles is 1. The van der Waals surface area contributed by atoms with Gasteiger partial charge in [0.05, 0.1) is 35.4 Å². The molecule has 10 heteroatoms. The number of nitrogens with one attached hydrogen (secondary N) is 2. The third kappa shape index (κ3) is 7.05. The molecule has 39 heavy (non-hydrogen) atoms. The Hall–Kier alpha value is -2.35. The standard InChI is InChI=1S/C29H37ClFN5O3/c1-28(38-12-13-39-28)18-34-21-4-2-20(3-5-21)14-22-15-23(24(30)16-33-22)26-7-6-25(31)27(36-26)35-19-29(17-32)8-10-37-11-9-29/h6-7,15-16,20-21,34H,2-5,8-14,18-19H2,1H3,(H,35,36). The number of hydrogen-bond acceptors (Lipinski definition) is 8. The van der Waals surface area contributed by atoms with E-state index in [9.17, 15) is 9.65 Å². The van der Waals surface area contributed by atoms with E-state index in [1.54, 1.807) is 12.3 Å². The Kier molecular flexibility index (Phi) is 8.99. The Morgan fingerprint density at radius 1 is 1.10 bits per heavy atom. The fourth-order valence-corrected chi connectivity index (χ4v) is 5.90. The number of nitrogens with zero attached hydrogens (tertiary/aromatic N) is 3. The maximum Gasteiger partial charge on any atom is 0.178 e. The molecule has 2 N–H and O–H groups in total. The maximum absolute atomic E-state index is 14.7. The minimum atomic E-state index is -0.589. The monoisotopic (exact) mass is 557 g/mol. The van der Waals surface area contributed by atoms with Crippen molar-refractivity contribution in [1.29, 1.82) is 5.26 Å². The van der Waals surface area contributed by atoms with Crippen LogP contribution in [0.4, 0.5) is 10.2 Å². The lowest BCUT2D eigenvalue weighted by Gasteiger charge is -2.32. The van der Waals surface area contributed by atoms with Crippen molar-refractivity contribution in [2.24, 2.45) is 11.3 Å². The first-order chi connectivity index (χ1) is 18.9. The van der Waals surface area contributed by atoms with E-state index in [1.165, 1.54) is 6.07 Å². The minimum Gasteiger partial charge on any atom is -0.381 e. The number of halogens is 2. The van der Waals surface area contributed by atoms with Gasteiger partial charge in [0.25, 0.3) is 0 Å². The lowest BCUT2D eigenvalue weighted by Crippen LogP contribution is -2.44. The largest absolute Gasteiger partial charge is 0.381 e. The second kappa shape index (κ2) is 12.4. The van der Waals surface area contributed by atoms with Crippen molar-refractivity contribution in [3.8, 4) is 17.3 Å². The molecular weight excluding hydrogens is 521 g/mol. The molecule has 4 heterocycles. The number of hydrogen-bond donors (Lipinski definition) is 2. The molecule has 0 unspecified atom stereocenters. The van der Waals surface area contributed by atoms with Crippen molar-refractivity contribution in [3.63, 3.8) is 0 Å². The number of anilines is 1. The molecule has 3 fully saturated rings. The van der Waals surface area contributed by atoms with Crippen LogP contribution in [0.2, 0.25) is 5.02 Å². The van der Waals surface area contributed by atoms with Gasteiger partial charge in [0.2, 0.25) is 0 Å². The Morgan fingerprint density at radius 2 is 1.85 bits per heavy atom. The van der Waals surface area contributed by atoms with Gasteiger partial charge in [-0.05, 0) is 76.0 Å². The van der Waals surface area contributed by atoms with E-state index < -0.39 is 17.0 Å². The van der Waals surface area contributed by atoms with Crippen LogP contribution in [-0.4, -0.2) is 61.3 Å². The molecular formula is C29H37ClFN5O3. The maximum atomic E-state index is 14.7. The summed E-state index contributed by atoms with van der Waals surface area (Å²) < 4.78 is 31.5. The van der Waals surface area contributed by atoms with Gasteiger partial charge in [0.15, 0.2) is 17.4 Å². The van der Waals surface area contributed by atoms with Gasteiger partial charge in [-0.2, -0.15) is 5.26 Å². The van der Waals surface area contributed by atoms with Crippen molar-refractivity contribution in [3.05, 3.63) is 40.9 Å². The van der Waals surface area contributed by atoms with Crippen molar-refractivity contribution in [1.82, 2.24) is 15.3 Å². The first-order valence-electron chi connectivity index (χ1n) is 13.9. The van der Waals surface area contributed by atoms with E-state index in [4.69, 9.17) is 25.8 Å². The second-order valence-electron chi connectivity index (χ2n) is 11.2. The summed E-state index contributed by atoms with van der Waals surface area (Å²) in [5.41, 5.74) is 1.67. The number of ether oxygens (including phenoxy) is 3. The summed E-state index contributed by atoms with van der Waals surface area (Å²) in [6, 6.07) is 7.86. The SMILES string of the molecule is CC1(CNC2CCC(Cc3cc(-c4ccc(F)c(NCC5(C#N)CCOCC5)n4)c(Cl)cn3)CC2)OCCO1. The fourth-order valence-electron chi connectivity index (χ4n) is 5.70. The van der Waals surface area contributed by atoms with Gasteiger partial charge in [-0.3, -0.25) is 4.98 Å². The zero-order valence-electron chi connectivity index (χ0n) is 22.5. The predicted molar refractivity (Wildman–Crippen MR) is 147 cm³/mol. The molecule has 5 rings (SSSR count). The Bertz CT molecular complexity index is 1170. The highest BCUT2D eigenvalue weighted by Crippen LogP contribution is 2.33. The molecule has 0 amide bonds. The highest BCUT2D eigenvalue weighted by Gasteiger charge is 2.34. The molecule has 0 radical (unpaired) electrons. The van der Waals surface area contributed by atoms with Crippen molar-refractivity contribution in [2.75, 3.05) is 44.8 Å². The van der Waals surface area contributed by atoms with E-state index in [1.807, 2.05) is 13.0 Å². The molecule has 2 saturated heterocycles. The lowest BCUT2D eigenvalue weighted by molar-refractivity contribution is -0.139. The van der Waals surface area contributed by atoms with E-state index in [-0.39, 0.29) is 5.82 Å². The fraction of sp³-hybridized carbons (Fsp3) is 0.621. The highest BCUT2D eigenvalue weighted by atomic mass is 35.5. The average Bonchev–Trinajstić information content (AvgIpc) is 3.40. The number of pyridine rings is 2. The molecule has 2 aromatic heterocycles. The smallest absolute Gasteiger partial charge is 0.178 e. The van der Waals surface area contributed by atoms with Crippen LogP contribution in [0.25, 0.3) is 11.3 Å². The lowest BCUT2D eigenvalue weighted by atomic mass is 9.82. The summed E-state index contributed by atoms with van der Waals surface area (Å²) in [5.74, 6) is -0.309. The summed E-state index contributed by atoms with van der Waals surface area (Å²) >= 11 is 6.53. The van der Waals surface area contributed by atoms with Gasteiger partial charge in [-0.25, -0.2) is 9.37 Å². The van der Waals surface area contributed by atoms with Gasteiger partial charge in [-0.15, -0.1) is 0 Å². The van der Waals surface area contributed by atoms with Gasteiger partial charge < -0.3 is 24.8 Å². The molecule has 0 bridgehead atoms. The topological polar surface area (TPSA) is 101 Å². The molecule has 0 atom stereocenters. The summed E-state index contributed by atoms with van der Waals surface area (Å²) in [7, 11) is 0. The first-order valence-corrected chi connectivity index (χ1v) is 14.3.